The maximum atomic E-state index is 13.3. The van der Waals surface area contributed by atoms with Crippen LogP contribution >= 0.6 is 23.4 Å². The second kappa shape index (κ2) is 10.8. The molecule has 0 bridgehead atoms. The lowest BCUT2D eigenvalue weighted by Crippen LogP contribution is -2.52. The van der Waals surface area contributed by atoms with Gasteiger partial charge in [-0.15, -0.1) is 11.8 Å². The first kappa shape index (κ1) is 24.2. The van der Waals surface area contributed by atoms with E-state index in [1.165, 1.54) is 12.1 Å². The fourth-order valence-electron chi connectivity index (χ4n) is 2.77. The summed E-state index contributed by atoms with van der Waals surface area (Å²) in [6.45, 7) is 7.64. The number of benzene rings is 2. The predicted molar refractivity (Wildman–Crippen MR) is 121 cm³/mol. The summed E-state index contributed by atoms with van der Waals surface area (Å²) in [4.78, 5) is 28.3. The number of rotatable bonds is 8. The van der Waals surface area contributed by atoms with Gasteiger partial charge < -0.3 is 10.2 Å². The summed E-state index contributed by atoms with van der Waals surface area (Å²) >= 11 is 7.46. The van der Waals surface area contributed by atoms with Gasteiger partial charge in [-0.2, -0.15) is 0 Å². The van der Waals surface area contributed by atoms with E-state index in [9.17, 15) is 14.0 Å². The van der Waals surface area contributed by atoms with Gasteiger partial charge in [0.2, 0.25) is 11.8 Å². The van der Waals surface area contributed by atoms with E-state index in [2.05, 4.69) is 5.32 Å². The van der Waals surface area contributed by atoms with E-state index in [1.54, 1.807) is 35.7 Å². The van der Waals surface area contributed by atoms with Crippen LogP contribution in [0.5, 0.6) is 0 Å². The number of nitrogens with zero attached hydrogens (tertiary/aromatic N) is 1. The van der Waals surface area contributed by atoms with E-state index in [0.29, 0.717) is 10.8 Å². The highest BCUT2D eigenvalue weighted by molar-refractivity contribution is 7.99. The minimum atomic E-state index is -0.651. The Bertz CT molecular complexity index is 851. The second-order valence-corrected chi connectivity index (χ2v) is 9.72. The van der Waals surface area contributed by atoms with Crippen LogP contribution in [0, 0.1) is 5.82 Å². The Morgan fingerprint density at radius 1 is 1.10 bits per heavy atom. The maximum absolute atomic E-state index is 13.3. The predicted octanol–water partition coefficient (Wildman–Crippen LogP) is 5.29. The molecule has 0 aromatic heterocycles. The highest BCUT2D eigenvalue weighted by Crippen LogP contribution is 2.22. The van der Waals surface area contributed by atoms with Crippen LogP contribution in [0.25, 0.3) is 0 Å². The molecule has 0 fully saturated rings. The monoisotopic (exact) mass is 450 g/mol. The van der Waals surface area contributed by atoms with Crippen molar-refractivity contribution in [3.8, 4) is 0 Å². The molecule has 0 spiro atoms. The molecule has 0 aliphatic heterocycles. The second-order valence-electron chi connectivity index (χ2n) is 8.12. The van der Waals surface area contributed by atoms with Crippen molar-refractivity contribution >= 4 is 35.2 Å². The van der Waals surface area contributed by atoms with Crippen molar-refractivity contribution in [3.05, 3.63) is 64.9 Å². The number of hydrogen-bond acceptors (Lipinski definition) is 3. The molecule has 4 nitrogen and oxygen atoms in total. The van der Waals surface area contributed by atoms with Crippen LogP contribution in [0.3, 0.4) is 0 Å². The van der Waals surface area contributed by atoms with Gasteiger partial charge >= 0.3 is 0 Å². The highest BCUT2D eigenvalue weighted by atomic mass is 35.5. The van der Waals surface area contributed by atoms with E-state index in [1.807, 2.05) is 45.0 Å². The summed E-state index contributed by atoms with van der Waals surface area (Å²) in [5.74, 6) is -0.108. The molecule has 1 N–H and O–H groups in total. The van der Waals surface area contributed by atoms with Crippen molar-refractivity contribution in [2.24, 2.45) is 0 Å². The van der Waals surface area contributed by atoms with Crippen LogP contribution in [0.15, 0.2) is 53.4 Å². The summed E-state index contributed by atoms with van der Waals surface area (Å²) in [7, 11) is 0. The Kier molecular flexibility index (Phi) is 8.74. The fraction of sp³-hybridized carbons (Fsp3) is 0.391. The fourth-order valence-corrected chi connectivity index (χ4v) is 3.74. The van der Waals surface area contributed by atoms with E-state index in [-0.39, 0.29) is 30.6 Å². The lowest BCUT2D eigenvalue weighted by atomic mass is 10.1. The first-order valence-corrected chi connectivity index (χ1v) is 11.2. The number of halogens is 2. The number of hydrogen-bond donors (Lipinski definition) is 1. The molecule has 0 saturated heterocycles. The van der Waals surface area contributed by atoms with Crippen molar-refractivity contribution in [2.75, 3.05) is 5.75 Å². The molecule has 0 unspecified atom stereocenters. The van der Waals surface area contributed by atoms with Gasteiger partial charge in [0, 0.05) is 34.2 Å². The summed E-state index contributed by atoms with van der Waals surface area (Å²) in [6, 6.07) is 12.8. The average molecular weight is 451 g/mol. The first-order chi connectivity index (χ1) is 14.0. The lowest BCUT2D eigenvalue weighted by molar-refractivity contribution is -0.140. The Morgan fingerprint density at radius 2 is 1.70 bits per heavy atom. The molecule has 2 aromatic rings. The quantitative estimate of drug-likeness (QED) is 0.555. The number of carbonyl (C=O) groups is 2. The molecule has 0 radical (unpaired) electrons. The normalized spacial score (nSPS) is 12.3. The Morgan fingerprint density at radius 3 is 2.27 bits per heavy atom. The van der Waals surface area contributed by atoms with E-state index in [4.69, 9.17) is 11.6 Å². The largest absolute Gasteiger partial charge is 0.350 e. The topological polar surface area (TPSA) is 49.4 Å². The van der Waals surface area contributed by atoms with Crippen LogP contribution in [0.2, 0.25) is 5.02 Å². The zero-order valence-corrected chi connectivity index (χ0v) is 19.3. The third kappa shape index (κ3) is 8.00. The number of carbonyl (C=O) groups excluding carboxylic acids is 2. The molecule has 0 saturated carbocycles. The van der Waals surface area contributed by atoms with E-state index >= 15 is 0 Å². The molecule has 1 atom stereocenters. The van der Waals surface area contributed by atoms with Gasteiger partial charge in [0.25, 0.3) is 0 Å². The minimum Gasteiger partial charge on any atom is -0.350 e. The summed E-state index contributed by atoms with van der Waals surface area (Å²) < 4.78 is 13.3. The molecule has 0 aliphatic carbocycles. The maximum Gasteiger partial charge on any atom is 0.242 e. The Balaban J connectivity index is 2.08. The molecular formula is C23H28ClFN2O2S. The third-order valence-corrected chi connectivity index (χ3v) is 5.60. The van der Waals surface area contributed by atoms with Gasteiger partial charge in [-0.3, -0.25) is 9.59 Å². The van der Waals surface area contributed by atoms with Crippen LogP contribution < -0.4 is 5.32 Å². The number of nitrogens with one attached hydrogen (secondary N) is 1. The number of thioether (sulfide) groups is 1. The molecule has 7 heteroatoms. The van der Waals surface area contributed by atoms with Gasteiger partial charge in [-0.1, -0.05) is 23.7 Å². The highest BCUT2D eigenvalue weighted by Gasteiger charge is 2.28. The zero-order chi connectivity index (χ0) is 22.3. The smallest absolute Gasteiger partial charge is 0.242 e. The Labute approximate surface area is 187 Å². The molecule has 30 heavy (non-hydrogen) atoms. The lowest BCUT2D eigenvalue weighted by Gasteiger charge is -2.31. The van der Waals surface area contributed by atoms with Crippen LogP contribution in [0.1, 0.15) is 39.7 Å². The van der Waals surface area contributed by atoms with Crippen molar-refractivity contribution in [2.45, 2.75) is 57.1 Å². The van der Waals surface area contributed by atoms with Gasteiger partial charge in [-0.25, -0.2) is 4.39 Å². The van der Waals surface area contributed by atoms with Crippen molar-refractivity contribution in [1.29, 1.82) is 0 Å². The molecule has 2 amide bonds. The summed E-state index contributed by atoms with van der Waals surface area (Å²) in [5.41, 5.74) is 0.367. The summed E-state index contributed by atoms with van der Waals surface area (Å²) in [6.07, 6.45) is 0.279. The third-order valence-electron chi connectivity index (χ3n) is 4.33. The molecule has 2 rings (SSSR count). The average Bonchev–Trinajstić information content (AvgIpc) is 2.67. The van der Waals surface area contributed by atoms with Crippen molar-refractivity contribution < 1.29 is 14.0 Å². The molecule has 0 heterocycles. The summed E-state index contributed by atoms with van der Waals surface area (Å²) in [5, 5.41) is 3.59. The van der Waals surface area contributed by atoms with Crippen molar-refractivity contribution in [1.82, 2.24) is 10.2 Å². The molecule has 162 valence electrons. The Hall–Kier alpha value is -2.05. The molecule has 2 aromatic carbocycles. The molecular weight excluding hydrogens is 423 g/mol. The van der Waals surface area contributed by atoms with Gasteiger partial charge in [-0.05, 0) is 69.7 Å². The minimum absolute atomic E-state index is 0.127. The van der Waals surface area contributed by atoms with E-state index < -0.39 is 11.6 Å². The van der Waals surface area contributed by atoms with Gasteiger partial charge in [0.05, 0.1) is 0 Å². The van der Waals surface area contributed by atoms with E-state index in [0.717, 1.165) is 10.5 Å². The van der Waals surface area contributed by atoms with Gasteiger partial charge in [0.15, 0.2) is 0 Å². The SMILES string of the molecule is C[C@H](C(=O)NC(C)(C)C)N(Cc1ccc(F)cc1)C(=O)CCSc1ccc(Cl)cc1. The first-order valence-electron chi connectivity index (χ1n) is 9.79. The zero-order valence-electron chi connectivity index (χ0n) is 17.7. The van der Waals surface area contributed by atoms with Crippen LogP contribution in [-0.4, -0.2) is 34.0 Å². The van der Waals surface area contributed by atoms with Crippen LogP contribution in [-0.2, 0) is 16.1 Å². The number of amides is 2. The standard InChI is InChI=1S/C23H28ClFN2O2S/c1-16(22(29)26-23(2,3)4)27(15-17-5-9-19(25)10-6-17)21(28)13-14-30-20-11-7-18(24)8-12-20/h5-12,16H,13-15H2,1-4H3,(H,26,29)/t16-/m1/s1. The van der Waals surface area contributed by atoms with Crippen LogP contribution in [0.4, 0.5) is 4.39 Å². The molecule has 0 aliphatic rings. The van der Waals surface area contributed by atoms with Gasteiger partial charge in [0.1, 0.15) is 11.9 Å². The van der Waals surface area contributed by atoms with Crippen molar-refractivity contribution in [3.63, 3.8) is 0 Å².